The van der Waals surface area contributed by atoms with Gasteiger partial charge in [-0.2, -0.15) is 0 Å². The molecule has 0 radical (unpaired) electrons. The zero-order valence-corrected chi connectivity index (χ0v) is 18.2. The van der Waals surface area contributed by atoms with Crippen molar-refractivity contribution in [2.24, 2.45) is 17.8 Å². The Kier molecular flexibility index (Phi) is 4.57. The Morgan fingerprint density at radius 2 is 1.87 bits per heavy atom. The highest BCUT2D eigenvalue weighted by atomic mass is 16.5. The molecular formula is C25H29N3O2. The van der Waals surface area contributed by atoms with Crippen LogP contribution in [0.4, 0.5) is 11.4 Å². The molecule has 2 atom stereocenters. The van der Waals surface area contributed by atoms with Crippen molar-refractivity contribution in [3.05, 3.63) is 41.5 Å². The van der Waals surface area contributed by atoms with E-state index >= 15 is 0 Å². The summed E-state index contributed by atoms with van der Waals surface area (Å²) >= 11 is 0. The first-order valence-corrected chi connectivity index (χ1v) is 11.0. The number of fused-ring (bicyclic) bond motifs is 2. The van der Waals surface area contributed by atoms with Crippen molar-refractivity contribution in [1.29, 1.82) is 0 Å². The van der Waals surface area contributed by atoms with Gasteiger partial charge >= 0.3 is 0 Å². The summed E-state index contributed by atoms with van der Waals surface area (Å²) in [7, 11) is 0. The minimum Gasteiger partial charge on any atom is -0.384 e. The Hall–Kier alpha value is -2.82. The molecule has 2 aromatic carbocycles. The fourth-order valence-electron chi connectivity index (χ4n) is 5.10. The van der Waals surface area contributed by atoms with E-state index in [-0.39, 0.29) is 5.78 Å². The van der Waals surface area contributed by atoms with E-state index in [1.54, 1.807) is 0 Å². The van der Waals surface area contributed by atoms with Crippen molar-refractivity contribution in [3.63, 3.8) is 0 Å². The molecule has 3 aromatic rings. The number of rotatable bonds is 4. The molecule has 156 valence electrons. The molecule has 1 N–H and O–H groups in total. The first-order chi connectivity index (χ1) is 14.4. The quantitative estimate of drug-likeness (QED) is 0.481. The number of carbonyl (C=O) groups excluding carboxylic acids is 1. The summed E-state index contributed by atoms with van der Waals surface area (Å²) in [5.41, 5.74) is 4.98. The standard InChI is InChI=1S/C25H29N3O2/c1-14(2)11-26-19-10-20(28-12-15(3)9-16(4)13-28)23-22-21(19)24(29)17-7-5-6-8-18(17)25(22)30-27-23/h5-8,10,14-16,26H,9,11-13H2,1-4H3/t15-,16+. The van der Waals surface area contributed by atoms with E-state index in [9.17, 15) is 4.79 Å². The molecule has 5 rings (SSSR count). The minimum atomic E-state index is 0.0458. The van der Waals surface area contributed by atoms with Gasteiger partial charge in [-0.1, -0.05) is 57.1 Å². The molecule has 0 unspecified atom stereocenters. The maximum atomic E-state index is 13.5. The average Bonchev–Trinajstić information content (AvgIpc) is 3.15. The van der Waals surface area contributed by atoms with Gasteiger partial charge < -0.3 is 14.7 Å². The van der Waals surface area contributed by atoms with Gasteiger partial charge in [0.2, 0.25) is 0 Å². The Balaban J connectivity index is 1.75. The van der Waals surface area contributed by atoms with E-state index < -0.39 is 0 Å². The molecule has 2 aliphatic rings. The van der Waals surface area contributed by atoms with Crippen LogP contribution in [0.5, 0.6) is 0 Å². The topological polar surface area (TPSA) is 58.4 Å². The molecule has 5 nitrogen and oxygen atoms in total. The molecule has 2 heterocycles. The maximum absolute atomic E-state index is 13.5. The van der Waals surface area contributed by atoms with Gasteiger partial charge in [-0.25, -0.2) is 0 Å². The molecule has 1 fully saturated rings. The minimum absolute atomic E-state index is 0.0458. The van der Waals surface area contributed by atoms with Crippen molar-refractivity contribution in [2.75, 3.05) is 29.9 Å². The highest BCUT2D eigenvalue weighted by molar-refractivity contribution is 6.28. The van der Waals surface area contributed by atoms with E-state index in [0.29, 0.717) is 34.6 Å². The number of ketones is 1. The Morgan fingerprint density at radius 3 is 2.57 bits per heavy atom. The zero-order valence-electron chi connectivity index (χ0n) is 18.2. The summed E-state index contributed by atoms with van der Waals surface area (Å²) in [5, 5.41) is 8.90. The smallest absolute Gasteiger partial charge is 0.196 e. The molecular weight excluding hydrogens is 374 g/mol. The van der Waals surface area contributed by atoms with E-state index in [1.165, 1.54) is 6.42 Å². The largest absolute Gasteiger partial charge is 0.384 e. The molecule has 0 amide bonds. The van der Waals surface area contributed by atoms with Gasteiger partial charge in [0, 0.05) is 36.4 Å². The van der Waals surface area contributed by atoms with E-state index in [4.69, 9.17) is 4.52 Å². The molecule has 5 heteroatoms. The second kappa shape index (κ2) is 7.15. The normalized spacial score (nSPS) is 20.7. The lowest BCUT2D eigenvalue weighted by Crippen LogP contribution is -2.39. The molecule has 30 heavy (non-hydrogen) atoms. The van der Waals surface area contributed by atoms with Gasteiger partial charge in [0.15, 0.2) is 11.5 Å². The monoisotopic (exact) mass is 403 g/mol. The fraction of sp³-hybridized carbons (Fsp3) is 0.440. The third-order valence-corrected chi connectivity index (χ3v) is 6.29. The van der Waals surface area contributed by atoms with Gasteiger partial charge in [-0.3, -0.25) is 4.79 Å². The van der Waals surface area contributed by atoms with Crippen LogP contribution in [-0.4, -0.2) is 30.6 Å². The van der Waals surface area contributed by atoms with Crippen molar-refractivity contribution >= 4 is 28.1 Å². The summed E-state index contributed by atoms with van der Waals surface area (Å²) < 4.78 is 5.88. The second-order valence-corrected chi connectivity index (χ2v) is 9.55. The molecule has 1 aliphatic heterocycles. The number of nitrogens with zero attached hydrogens (tertiary/aromatic N) is 2. The van der Waals surface area contributed by atoms with Crippen LogP contribution in [0.1, 0.15) is 50.0 Å². The molecule has 0 bridgehead atoms. The lowest BCUT2D eigenvalue weighted by atomic mass is 9.85. The number of benzene rings is 2. The first-order valence-electron chi connectivity index (χ1n) is 11.0. The third kappa shape index (κ3) is 2.99. The van der Waals surface area contributed by atoms with Crippen LogP contribution < -0.4 is 10.2 Å². The second-order valence-electron chi connectivity index (χ2n) is 9.55. The number of aromatic nitrogens is 1. The number of hydrogen-bond acceptors (Lipinski definition) is 5. The van der Waals surface area contributed by atoms with Gasteiger partial charge in [-0.05, 0) is 30.2 Å². The summed E-state index contributed by atoms with van der Waals surface area (Å²) in [6.45, 7) is 11.8. The third-order valence-electron chi connectivity index (χ3n) is 6.29. The van der Waals surface area contributed by atoms with Crippen molar-refractivity contribution in [1.82, 2.24) is 5.16 Å². The van der Waals surface area contributed by atoms with Crippen LogP contribution >= 0.6 is 0 Å². The van der Waals surface area contributed by atoms with Gasteiger partial charge in [-0.15, -0.1) is 0 Å². The van der Waals surface area contributed by atoms with Gasteiger partial charge in [0.25, 0.3) is 0 Å². The molecule has 1 saturated heterocycles. The van der Waals surface area contributed by atoms with Gasteiger partial charge in [0.05, 0.1) is 16.6 Å². The lowest BCUT2D eigenvalue weighted by Gasteiger charge is -2.37. The van der Waals surface area contributed by atoms with Crippen molar-refractivity contribution in [3.8, 4) is 11.3 Å². The highest BCUT2D eigenvalue weighted by Gasteiger charge is 2.34. The summed E-state index contributed by atoms with van der Waals surface area (Å²) in [4.78, 5) is 16.0. The van der Waals surface area contributed by atoms with Crippen LogP contribution in [0.15, 0.2) is 34.9 Å². The van der Waals surface area contributed by atoms with E-state index in [2.05, 4.69) is 49.1 Å². The number of hydrogen-bond donors (Lipinski definition) is 1. The fourth-order valence-corrected chi connectivity index (χ4v) is 5.10. The van der Waals surface area contributed by atoms with Crippen LogP contribution in [0, 0.1) is 17.8 Å². The predicted octanol–water partition coefficient (Wildman–Crippen LogP) is 5.59. The Labute approximate surface area is 177 Å². The SMILES string of the molecule is CC(C)CNc1cc(N2C[C@H](C)C[C@H](C)C2)c2noc3c2c1C(=O)c1ccccc1-3. The summed E-state index contributed by atoms with van der Waals surface area (Å²) in [5.74, 6) is 2.47. The molecule has 0 saturated carbocycles. The van der Waals surface area contributed by atoms with Crippen LogP contribution in [-0.2, 0) is 0 Å². The molecule has 1 aromatic heterocycles. The first kappa shape index (κ1) is 19.2. The van der Waals surface area contributed by atoms with E-state index in [0.717, 1.165) is 47.5 Å². The van der Waals surface area contributed by atoms with Crippen molar-refractivity contribution < 1.29 is 9.32 Å². The average molecular weight is 404 g/mol. The molecule has 1 aliphatic carbocycles. The number of piperidine rings is 1. The van der Waals surface area contributed by atoms with Crippen LogP contribution in [0.2, 0.25) is 0 Å². The van der Waals surface area contributed by atoms with Gasteiger partial charge in [0.1, 0.15) is 5.52 Å². The number of anilines is 2. The number of nitrogens with one attached hydrogen (secondary N) is 1. The Bertz CT molecular complexity index is 1120. The lowest BCUT2D eigenvalue weighted by molar-refractivity contribution is 0.104. The Morgan fingerprint density at radius 1 is 1.17 bits per heavy atom. The maximum Gasteiger partial charge on any atom is 0.196 e. The van der Waals surface area contributed by atoms with Crippen molar-refractivity contribution in [2.45, 2.75) is 34.1 Å². The zero-order chi connectivity index (χ0) is 21.0. The van der Waals surface area contributed by atoms with E-state index in [1.807, 2.05) is 24.3 Å². The summed E-state index contributed by atoms with van der Waals surface area (Å²) in [6.07, 6.45) is 1.24. The predicted molar refractivity (Wildman–Crippen MR) is 121 cm³/mol. The van der Waals surface area contributed by atoms with Crippen LogP contribution in [0.25, 0.3) is 22.2 Å². The molecule has 0 spiro atoms. The highest BCUT2D eigenvalue weighted by Crippen LogP contribution is 2.46. The van der Waals surface area contributed by atoms with Crippen LogP contribution in [0.3, 0.4) is 0 Å². The summed E-state index contributed by atoms with van der Waals surface area (Å²) in [6, 6.07) is 9.81. The number of carbonyl (C=O) groups is 1.